The molecule has 3 aromatic rings. The Kier molecular flexibility index (Phi) is 4.56. The number of carbonyl (C=O) groups is 2. The second-order valence-electron chi connectivity index (χ2n) is 6.26. The van der Waals surface area contributed by atoms with Gasteiger partial charge in [0.2, 0.25) is 0 Å². The van der Waals surface area contributed by atoms with Crippen LogP contribution in [0.4, 0.5) is 0 Å². The minimum atomic E-state index is -0.406. The van der Waals surface area contributed by atoms with Gasteiger partial charge in [0, 0.05) is 11.9 Å². The summed E-state index contributed by atoms with van der Waals surface area (Å²) in [5.41, 5.74) is 4.90. The summed E-state index contributed by atoms with van der Waals surface area (Å²) < 4.78 is 0. The molecule has 1 aliphatic heterocycles. The van der Waals surface area contributed by atoms with E-state index in [0.29, 0.717) is 23.1 Å². The van der Waals surface area contributed by atoms with E-state index in [0.717, 1.165) is 16.8 Å². The minimum Gasteiger partial charge on any atom is -0.361 e. The lowest BCUT2D eigenvalue weighted by Gasteiger charge is -2.28. The molecular formula is C21H17N3O2S. The first-order valence-electron chi connectivity index (χ1n) is 8.64. The second kappa shape index (κ2) is 7.17. The second-order valence-corrected chi connectivity index (χ2v) is 6.67. The minimum absolute atomic E-state index is 0.235. The van der Waals surface area contributed by atoms with Crippen molar-refractivity contribution < 1.29 is 9.59 Å². The van der Waals surface area contributed by atoms with Crippen molar-refractivity contribution in [1.82, 2.24) is 15.8 Å². The van der Waals surface area contributed by atoms with Gasteiger partial charge in [-0.05, 0) is 41.7 Å². The number of benzene rings is 3. The summed E-state index contributed by atoms with van der Waals surface area (Å²) in [5.74, 6) is -0.812. The standard InChI is InChI=1S/C21H17N3O2S/c25-19-16-10-4-8-15-9-5-11-17(18(15)16)20(26)24(19)23-21(27)22-13-12-14-6-2-1-3-7-14/h1-11H,12-13H2,(H2,22,23,27). The number of nitrogens with one attached hydrogen (secondary N) is 2. The van der Waals surface area contributed by atoms with Crippen LogP contribution in [0.1, 0.15) is 26.3 Å². The lowest BCUT2D eigenvalue weighted by molar-refractivity contribution is 0.0566. The summed E-state index contributed by atoms with van der Waals surface area (Å²) in [6.45, 7) is 0.595. The molecular weight excluding hydrogens is 358 g/mol. The lowest BCUT2D eigenvalue weighted by atomic mass is 9.95. The van der Waals surface area contributed by atoms with Crippen molar-refractivity contribution in [3.05, 3.63) is 83.4 Å². The molecule has 2 amide bonds. The molecule has 0 aromatic heterocycles. The number of hydrogen-bond acceptors (Lipinski definition) is 3. The molecule has 3 aromatic carbocycles. The van der Waals surface area contributed by atoms with Gasteiger partial charge in [-0.3, -0.25) is 15.0 Å². The highest BCUT2D eigenvalue weighted by molar-refractivity contribution is 7.80. The number of imide groups is 1. The smallest absolute Gasteiger partial charge is 0.280 e. The van der Waals surface area contributed by atoms with Gasteiger partial charge in [-0.2, -0.15) is 5.01 Å². The first-order chi connectivity index (χ1) is 13.1. The molecule has 0 atom stereocenters. The Morgan fingerprint density at radius 3 is 2.11 bits per heavy atom. The number of hydrogen-bond donors (Lipinski definition) is 2. The third-order valence-electron chi connectivity index (χ3n) is 4.53. The summed E-state index contributed by atoms with van der Waals surface area (Å²) in [6.07, 6.45) is 0.784. The first kappa shape index (κ1) is 17.2. The van der Waals surface area contributed by atoms with Crippen LogP contribution in [0.5, 0.6) is 0 Å². The molecule has 5 nitrogen and oxygen atoms in total. The van der Waals surface area contributed by atoms with Gasteiger partial charge in [0.1, 0.15) is 0 Å². The molecule has 4 rings (SSSR count). The molecule has 2 N–H and O–H groups in total. The first-order valence-corrected chi connectivity index (χ1v) is 9.05. The maximum Gasteiger partial charge on any atom is 0.280 e. The fourth-order valence-electron chi connectivity index (χ4n) is 3.24. The normalized spacial score (nSPS) is 13.0. The number of amides is 2. The molecule has 1 heterocycles. The van der Waals surface area contributed by atoms with Gasteiger partial charge in [0.05, 0.1) is 11.1 Å². The van der Waals surface area contributed by atoms with Gasteiger partial charge in [0.25, 0.3) is 11.8 Å². The topological polar surface area (TPSA) is 61.4 Å². The predicted molar refractivity (Wildman–Crippen MR) is 108 cm³/mol. The molecule has 0 unspecified atom stereocenters. The average molecular weight is 375 g/mol. The van der Waals surface area contributed by atoms with Crippen molar-refractivity contribution >= 4 is 39.9 Å². The molecule has 27 heavy (non-hydrogen) atoms. The molecule has 0 bridgehead atoms. The van der Waals surface area contributed by atoms with Crippen LogP contribution >= 0.6 is 12.2 Å². The van der Waals surface area contributed by atoms with Gasteiger partial charge in [-0.15, -0.1) is 0 Å². The maximum atomic E-state index is 12.8. The predicted octanol–water partition coefficient (Wildman–Crippen LogP) is 3.06. The fraction of sp³-hybridized carbons (Fsp3) is 0.0952. The van der Waals surface area contributed by atoms with E-state index >= 15 is 0 Å². The average Bonchev–Trinajstić information content (AvgIpc) is 2.70. The fourth-order valence-corrected chi connectivity index (χ4v) is 3.43. The van der Waals surface area contributed by atoms with Gasteiger partial charge in [-0.1, -0.05) is 54.6 Å². The lowest BCUT2D eigenvalue weighted by Crippen LogP contribution is -2.54. The third kappa shape index (κ3) is 3.27. The van der Waals surface area contributed by atoms with Gasteiger partial charge in [-0.25, -0.2) is 0 Å². The maximum absolute atomic E-state index is 12.8. The highest BCUT2D eigenvalue weighted by Gasteiger charge is 2.33. The molecule has 0 fully saturated rings. The van der Waals surface area contributed by atoms with Crippen LogP contribution in [0.25, 0.3) is 10.8 Å². The van der Waals surface area contributed by atoms with Crippen LogP contribution < -0.4 is 10.7 Å². The summed E-state index contributed by atoms with van der Waals surface area (Å²) in [7, 11) is 0. The molecule has 134 valence electrons. The van der Waals surface area contributed by atoms with Gasteiger partial charge < -0.3 is 5.32 Å². The van der Waals surface area contributed by atoms with E-state index in [2.05, 4.69) is 10.7 Å². The highest BCUT2D eigenvalue weighted by atomic mass is 32.1. The van der Waals surface area contributed by atoms with Crippen molar-refractivity contribution in [1.29, 1.82) is 0 Å². The Morgan fingerprint density at radius 1 is 0.852 bits per heavy atom. The molecule has 0 spiro atoms. The molecule has 0 radical (unpaired) electrons. The Morgan fingerprint density at radius 2 is 1.48 bits per heavy atom. The van der Waals surface area contributed by atoms with Crippen molar-refractivity contribution in [3.63, 3.8) is 0 Å². The van der Waals surface area contributed by atoms with E-state index < -0.39 is 11.8 Å². The van der Waals surface area contributed by atoms with Crippen LogP contribution in [0.2, 0.25) is 0 Å². The number of hydrazine groups is 1. The van der Waals surface area contributed by atoms with E-state index in [4.69, 9.17) is 12.2 Å². The van der Waals surface area contributed by atoms with E-state index in [1.165, 1.54) is 5.56 Å². The Hall–Kier alpha value is -3.25. The van der Waals surface area contributed by atoms with Crippen molar-refractivity contribution in [2.45, 2.75) is 6.42 Å². The quantitative estimate of drug-likeness (QED) is 0.542. The largest absolute Gasteiger partial charge is 0.361 e. The number of thiocarbonyl (C=S) groups is 1. The van der Waals surface area contributed by atoms with E-state index in [9.17, 15) is 9.59 Å². The van der Waals surface area contributed by atoms with E-state index in [1.807, 2.05) is 54.6 Å². The monoisotopic (exact) mass is 375 g/mol. The molecule has 6 heteroatoms. The van der Waals surface area contributed by atoms with Gasteiger partial charge in [0.15, 0.2) is 5.11 Å². The molecule has 0 saturated carbocycles. The molecule has 0 saturated heterocycles. The van der Waals surface area contributed by atoms with E-state index in [1.54, 1.807) is 12.1 Å². The highest BCUT2D eigenvalue weighted by Crippen LogP contribution is 2.29. The van der Waals surface area contributed by atoms with Crippen LogP contribution in [0.15, 0.2) is 66.7 Å². The summed E-state index contributed by atoms with van der Waals surface area (Å²) >= 11 is 5.27. The third-order valence-corrected chi connectivity index (χ3v) is 4.76. The zero-order valence-corrected chi connectivity index (χ0v) is 15.3. The van der Waals surface area contributed by atoms with Gasteiger partial charge >= 0.3 is 0 Å². The van der Waals surface area contributed by atoms with Crippen molar-refractivity contribution in [2.24, 2.45) is 0 Å². The van der Waals surface area contributed by atoms with Crippen molar-refractivity contribution in [3.8, 4) is 0 Å². The van der Waals surface area contributed by atoms with Crippen LogP contribution in [0.3, 0.4) is 0 Å². The Bertz CT molecular complexity index is 999. The SMILES string of the molecule is O=C1c2cccc3cccc(c23)C(=O)N1NC(=S)NCCc1ccccc1. The molecule has 0 aliphatic carbocycles. The Labute approximate surface area is 162 Å². The summed E-state index contributed by atoms with van der Waals surface area (Å²) in [6, 6.07) is 20.8. The zero-order valence-electron chi connectivity index (χ0n) is 14.4. The summed E-state index contributed by atoms with van der Waals surface area (Å²) in [4.78, 5) is 25.6. The van der Waals surface area contributed by atoms with Crippen LogP contribution in [0, 0.1) is 0 Å². The van der Waals surface area contributed by atoms with E-state index in [-0.39, 0.29) is 5.11 Å². The Balaban J connectivity index is 1.47. The van der Waals surface area contributed by atoms with Crippen LogP contribution in [-0.4, -0.2) is 28.5 Å². The number of rotatable bonds is 4. The van der Waals surface area contributed by atoms with Crippen molar-refractivity contribution in [2.75, 3.05) is 6.54 Å². The number of carbonyl (C=O) groups excluding carboxylic acids is 2. The molecule has 1 aliphatic rings. The van der Waals surface area contributed by atoms with Crippen LogP contribution in [-0.2, 0) is 6.42 Å². The zero-order chi connectivity index (χ0) is 18.8. The summed E-state index contributed by atoms with van der Waals surface area (Å²) in [5, 5.41) is 5.82. The number of nitrogens with zero attached hydrogens (tertiary/aromatic N) is 1.